The van der Waals surface area contributed by atoms with Crippen LogP contribution in [0.2, 0.25) is 0 Å². The Morgan fingerprint density at radius 1 is 0.960 bits per heavy atom. The number of pyridine rings is 2. The Morgan fingerprint density at radius 2 is 1.60 bits per heavy atom. The fraction of sp³-hybridized carbons (Fsp3) is 0.333. The second-order valence-corrected chi connectivity index (χ2v) is 5.57. The first-order valence-corrected chi connectivity index (χ1v) is 8.20. The number of likely N-dealkylation sites (N-methyl/N-ethyl adjacent to an activating group) is 1. The summed E-state index contributed by atoms with van der Waals surface area (Å²) >= 11 is 0. The molecule has 2 heterocycles. The highest BCUT2D eigenvalue weighted by molar-refractivity contribution is 5.83. The topological polar surface area (TPSA) is 87.2 Å². The highest BCUT2D eigenvalue weighted by atomic mass is 16.2. The molecule has 0 fully saturated rings. The number of aromatic nitrogens is 2. The smallest absolute Gasteiger partial charge is 0.315 e. The average Bonchev–Trinajstić information content (AvgIpc) is 2.66. The van der Waals surface area contributed by atoms with Gasteiger partial charge in [0.1, 0.15) is 0 Å². The Kier molecular flexibility index (Phi) is 7.37. The number of carbonyl (C=O) groups is 2. The zero-order valence-electron chi connectivity index (χ0n) is 14.3. The third kappa shape index (κ3) is 6.99. The van der Waals surface area contributed by atoms with E-state index in [0.29, 0.717) is 25.9 Å². The van der Waals surface area contributed by atoms with Gasteiger partial charge in [0, 0.05) is 56.8 Å². The predicted octanol–water partition coefficient (Wildman–Crippen LogP) is 1.02. The van der Waals surface area contributed by atoms with Crippen molar-refractivity contribution in [2.75, 3.05) is 26.7 Å². The van der Waals surface area contributed by atoms with Crippen LogP contribution in [0, 0.1) is 0 Å². The van der Waals surface area contributed by atoms with Gasteiger partial charge in [0.05, 0.1) is 6.54 Å². The van der Waals surface area contributed by atoms with E-state index in [0.717, 1.165) is 11.4 Å². The van der Waals surface area contributed by atoms with Gasteiger partial charge >= 0.3 is 6.03 Å². The van der Waals surface area contributed by atoms with Crippen LogP contribution >= 0.6 is 0 Å². The summed E-state index contributed by atoms with van der Waals surface area (Å²) in [6.07, 6.45) is 4.77. The molecule has 0 radical (unpaired) electrons. The molecule has 3 amide bonds. The first-order valence-electron chi connectivity index (χ1n) is 8.20. The lowest BCUT2D eigenvalue weighted by molar-refractivity contribution is -0.128. The molecule has 132 valence electrons. The Morgan fingerprint density at radius 3 is 2.20 bits per heavy atom. The van der Waals surface area contributed by atoms with E-state index in [9.17, 15) is 9.59 Å². The number of hydrogen-bond acceptors (Lipinski definition) is 4. The lowest BCUT2D eigenvalue weighted by Gasteiger charge is -2.17. The standard InChI is InChI=1S/C18H23N5O2/c1-23(13-9-16-7-3-5-11-20-16)17(24)14-22-18(25)21-12-8-15-6-2-4-10-19-15/h2-7,10-11H,8-9,12-14H2,1H3,(H2,21,22,25). The summed E-state index contributed by atoms with van der Waals surface area (Å²) < 4.78 is 0. The van der Waals surface area contributed by atoms with Crippen molar-refractivity contribution in [3.05, 3.63) is 60.2 Å². The van der Waals surface area contributed by atoms with Crippen LogP contribution in [0.4, 0.5) is 4.79 Å². The molecular formula is C18H23N5O2. The van der Waals surface area contributed by atoms with Crippen LogP contribution in [0.5, 0.6) is 0 Å². The highest BCUT2D eigenvalue weighted by Gasteiger charge is 2.10. The molecular weight excluding hydrogens is 318 g/mol. The van der Waals surface area contributed by atoms with E-state index >= 15 is 0 Å². The van der Waals surface area contributed by atoms with E-state index in [1.165, 1.54) is 0 Å². The normalized spacial score (nSPS) is 10.1. The SMILES string of the molecule is CN(CCc1ccccn1)C(=O)CNC(=O)NCCc1ccccn1. The molecule has 0 saturated carbocycles. The monoisotopic (exact) mass is 341 g/mol. The molecule has 0 aromatic carbocycles. The molecule has 7 heteroatoms. The molecule has 25 heavy (non-hydrogen) atoms. The maximum atomic E-state index is 12.0. The van der Waals surface area contributed by atoms with Crippen molar-refractivity contribution >= 4 is 11.9 Å². The van der Waals surface area contributed by atoms with Gasteiger partial charge in [-0.15, -0.1) is 0 Å². The van der Waals surface area contributed by atoms with Crippen molar-refractivity contribution < 1.29 is 9.59 Å². The Labute approximate surface area is 147 Å². The summed E-state index contributed by atoms with van der Waals surface area (Å²) in [6, 6.07) is 11.0. The minimum absolute atomic E-state index is 0.0336. The van der Waals surface area contributed by atoms with Crippen LogP contribution in [0.15, 0.2) is 48.8 Å². The van der Waals surface area contributed by atoms with Gasteiger partial charge in [-0.05, 0) is 24.3 Å². The first-order chi connectivity index (χ1) is 12.1. The number of rotatable bonds is 8. The Hall–Kier alpha value is -2.96. The van der Waals surface area contributed by atoms with E-state index in [1.807, 2.05) is 36.4 Å². The molecule has 0 unspecified atom stereocenters. The van der Waals surface area contributed by atoms with Crippen LogP contribution in [0.25, 0.3) is 0 Å². The van der Waals surface area contributed by atoms with Gasteiger partial charge in [0.2, 0.25) is 5.91 Å². The molecule has 0 bridgehead atoms. The number of hydrogen-bond donors (Lipinski definition) is 2. The second kappa shape index (κ2) is 10.0. The number of nitrogens with one attached hydrogen (secondary N) is 2. The van der Waals surface area contributed by atoms with Gasteiger partial charge in [0.15, 0.2) is 0 Å². The van der Waals surface area contributed by atoms with Crippen molar-refractivity contribution in [1.82, 2.24) is 25.5 Å². The van der Waals surface area contributed by atoms with Gasteiger partial charge in [-0.25, -0.2) is 4.79 Å². The van der Waals surface area contributed by atoms with E-state index in [-0.39, 0.29) is 18.5 Å². The van der Waals surface area contributed by atoms with E-state index in [2.05, 4.69) is 20.6 Å². The second-order valence-electron chi connectivity index (χ2n) is 5.57. The highest BCUT2D eigenvalue weighted by Crippen LogP contribution is 1.97. The van der Waals surface area contributed by atoms with Gasteiger partial charge in [0.25, 0.3) is 0 Å². The molecule has 2 rings (SSSR count). The Balaban J connectivity index is 1.60. The minimum Gasteiger partial charge on any atom is -0.344 e. The molecule has 2 aromatic heterocycles. The molecule has 7 nitrogen and oxygen atoms in total. The van der Waals surface area contributed by atoms with Crippen molar-refractivity contribution in [3.63, 3.8) is 0 Å². The molecule has 0 aliphatic heterocycles. The van der Waals surface area contributed by atoms with E-state index in [1.54, 1.807) is 24.3 Å². The van der Waals surface area contributed by atoms with E-state index in [4.69, 9.17) is 0 Å². The summed E-state index contributed by atoms with van der Waals surface area (Å²) in [5, 5.41) is 5.28. The fourth-order valence-electron chi connectivity index (χ4n) is 2.16. The molecule has 0 saturated heterocycles. The van der Waals surface area contributed by atoms with Gasteiger partial charge in [-0.2, -0.15) is 0 Å². The van der Waals surface area contributed by atoms with Crippen LogP contribution < -0.4 is 10.6 Å². The molecule has 2 N–H and O–H groups in total. The number of urea groups is 1. The average molecular weight is 341 g/mol. The van der Waals surface area contributed by atoms with Crippen molar-refractivity contribution in [3.8, 4) is 0 Å². The zero-order valence-corrected chi connectivity index (χ0v) is 14.3. The van der Waals surface area contributed by atoms with Gasteiger partial charge in [-0.1, -0.05) is 12.1 Å². The summed E-state index contributed by atoms with van der Waals surface area (Å²) in [6.45, 7) is 0.986. The third-order valence-corrected chi connectivity index (χ3v) is 3.65. The van der Waals surface area contributed by atoms with Crippen molar-refractivity contribution in [2.24, 2.45) is 0 Å². The number of carbonyl (C=O) groups excluding carboxylic acids is 2. The van der Waals surface area contributed by atoms with Gasteiger partial charge in [-0.3, -0.25) is 14.8 Å². The predicted molar refractivity (Wildman–Crippen MR) is 94.9 cm³/mol. The van der Waals surface area contributed by atoms with Crippen LogP contribution in [0.3, 0.4) is 0 Å². The van der Waals surface area contributed by atoms with Crippen molar-refractivity contribution in [1.29, 1.82) is 0 Å². The summed E-state index contributed by atoms with van der Waals surface area (Å²) in [7, 11) is 1.71. The number of nitrogens with zero attached hydrogens (tertiary/aromatic N) is 3. The largest absolute Gasteiger partial charge is 0.344 e. The summed E-state index contributed by atoms with van der Waals surface area (Å²) in [4.78, 5) is 33.7. The molecule has 0 spiro atoms. The maximum Gasteiger partial charge on any atom is 0.315 e. The quantitative estimate of drug-likeness (QED) is 0.750. The molecule has 0 aliphatic rings. The summed E-state index contributed by atoms with van der Waals surface area (Å²) in [5.74, 6) is -0.143. The van der Waals surface area contributed by atoms with Gasteiger partial charge < -0.3 is 15.5 Å². The first kappa shape index (κ1) is 18.4. The fourth-order valence-corrected chi connectivity index (χ4v) is 2.16. The maximum absolute atomic E-state index is 12.0. The third-order valence-electron chi connectivity index (χ3n) is 3.65. The lowest BCUT2D eigenvalue weighted by Crippen LogP contribution is -2.43. The van der Waals surface area contributed by atoms with E-state index < -0.39 is 0 Å². The van der Waals surface area contributed by atoms with Crippen LogP contribution in [0.1, 0.15) is 11.4 Å². The van der Waals surface area contributed by atoms with Crippen LogP contribution in [-0.2, 0) is 17.6 Å². The molecule has 0 aliphatic carbocycles. The van der Waals surface area contributed by atoms with Crippen LogP contribution in [-0.4, -0.2) is 53.5 Å². The summed E-state index contributed by atoms with van der Waals surface area (Å²) in [5.41, 5.74) is 1.84. The van der Waals surface area contributed by atoms with Crippen molar-refractivity contribution in [2.45, 2.75) is 12.8 Å². The Bertz CT molecular complexity index is 664. The molecule has 2 aromatic rings. The lowest BCUT2D eigenvalue weighted by atomic mass is 10.2. The number of amides is 3. The minimum atomic E-state index is -0.359. The zero-order chi connectivity index (χ0) is 17.9. The molecule has 0 atom stereocenters.